The van der Waals surface area contributed by atoms with Gasteiger partial charge in [0, 0.05) is 23.1 Å². The fourth-order valence-corrected chi connectivity index (χ4v) is 1.80. The van der Waals surface area contributed by atoms with Crippen LogP contribution in [0.4, 0.5) is 10.5 Å². The average molecular weight is 357 g/mol. The van der Waals surface area contributed by atoms with Crippen LogP contribution in [-0.2, 0) is 9.53 Å². The third-order valence-electron chi connectivity index (χ3n) is 2.37. The van der Waals surface area contributed by atoms with E-state index < -0.39 is 5.60 Å². The highest BCUT2D eigenvalue weighted by molar-refractivity contribution is 9.10. The van der Waals surface area contributed by atoms with Gasteiger partial charge in [-0.05, 0) is 51.5 Å². The molecular formula is C15H21BrN2O3. The summed E-state index contributed by atoms with van der Waals surface area (Å²) in [5.41, 5.74) is 0.242. The number of carbonyl (C=O) groups excluding carboxylic acids is 2. The fraction of sp³-hybridized carbons (Fsp3) is 0.467. The van der Waals surface area contributed by atoms with E-state index in [4.69, 9.17) is 4.74 Å². The lowest BCUT2D eigenvalue weighted by molar-refractivity contribution is -0.154. The van der Waals surface area contributed by atoms with Gasteiger partial charge in [-0.15, -0.1) is 0 Å². The van der Waals surface area contributed by atoms with Gasteiger partial charge >= 0.3 is 12.0 Å². The number of esters is 1. The second-order valence-electron chi connectivity index (χ2n) is 5.58. The van der Waals surface area contributed by atoms with E-state index in [1.807, 2.05) is 32.9 Å². The molecule has 0 heterocycles. The minimum Gasteiger partial charge on any atom is -0.460 e. The van der Waals surface area contributed by atoms with Crippen LogP contribution in [0.2, 0.25) is 0 Å². The first kappa shape index (κ1) is 17.5. The largest absolute Gasteiger partial charge is 0.460 e. The van der Waals surface area contributed by atoms with Crippen molar-refractivity contribution in [3.05, 3.63) is 28.7 Å². The van der Waals surface area contributed by atoms with Gasteiger partial charge in [-0.2, -0.15) is 0 Å². The molecule has 1 aromatic rings. The van der Waals surface area contributed by atoms with Crippen molar-refractivity contribution in [1.82, 2.24) is 5.32 Å². The molecule has 0 radical (unpaired) electrons. The maximum Gasteiger partial charge on any atom is 0.319 e. The predicted molar refractivity (Wildman–Crippen MR) is 86.2 cm³/mol. The molecule has 5 nitrogen and oxygen atoms in total. The summed E-state index contributed by atoms with van der Waals surface area (Å²) < 4.78 is 6.13. The molecule has 2 N–H and O–H groups in total. The first-order chi connectivity index (χ1) is 9.76. The van der Waals surface area contributed by atoms with Crippen LogP contribution in [0.15, 0.2) is 28.7 Å². The van der Waals surface area contributed by atoms with Gasteiger partial charge in [0.05, 0.1) is 0 Å². The molecule has 0 unspecified atom stereocenters. The van der Waals surface area contributed by atoms with Gasteiger partial charge < -0.3 is 15.4 Å². The maximum atomic E-state index is 11.6. The van der Waals surface area contributed by atoms with Crippen LogP contribution in [0.25, 0.3) is 0 Å². The van der Waals surface area contributed by atoms with Crippen LogP contribution in [0.1, 0.15) is 33.6 Å². The van der Waals surface area contributed by atoms with Gasteiger partial charge in [0.15, 0.2) is 0 Å². The Labute approximate surface area is 133 Å². The first-order valence-electron chi connectivity index (χ1n) is 6.78. The number of carbonyl (C=O) groups is 2. The molecule has 0 aliphatic rings. The zero-order valence-electron chi connectivity index (χ0n) is 12.5. The van der Waals surface area contributed by atoms with Gasteiger partial charge in [-0.25, -0.2) is 4.79 Å². The van der Waals surface area contributed by atoms with Crippen LogP contribution in [0.3, 0.4) is 0 Å². The smallest absolute Gasteiger partial charge is 0.319 e. The zero-order valence-corrected chi connectivity index (χ0v) is 14.1. The number of benzene rings is 1. The van der Waals surface area contributed by atoms with Gasteiger partial charge in [0.1, 0.15) is 5.60 Å². The number of halogens is 1. The quantitative estimate of drug-likeness (QED) is 0.624. The van der Waals surface area contributed by atoms with E-state index in [-0.39, 0.29) is 18.4 Å². The molecule has 6 heteroatoms. The third-order valence-corrected chi connectivity index (χ3v) is 2.89. The molecule has 0 saturated carbocycles. The molecule has 0 atom stereocenters. The lowest BCUT2D eigenvalue weighted by Crippen LogP contribution is -2.30. The van der Waals surface area contributed by atoms with Crippen LogP contribution < -0.4 is 10.6 Å². The topological polar surface area (TPSA) is 67.4 Å². The number of anilines is 1. The van der Waals surface area contributed by atoms with Crippen molar-refractivity contribution >= 4 is 33.6 Å². The summed E-state index contributed by atoms with van der Waals surface area (Å²) in [6.07, 6.45) is 0.832. The van der Waals surface area contributed by atoms with E-state index in [0.29, 0.717) is 18.7 Å². The molecule has 116 valence electrons. The van der Waals surface area contributed by atoms with Crippen LogP contribution in [-0.4, -0.2) is 24.1 Å². The fourth-order valence-electron chi connectivity index (χ4n) is 1.54. The number of urea groups is 1. The van der Waals surface area contributed by atoms with E-state index in [2.05, 4.69) is 26.6 Å². The summed E-state index contributed by atoms with van der Waals surface area (Å²) in [5, 5.41) is 5.40. The Hall–Kier alpha value is -1.56. The number of nitrogens with one attached hydrogen (secondary N) is 2. The Balaban J connectivity index is 2.19. The van der Waals surface area contributed by atoms with Gasteiger partial charge in [-0.1, -0.05) is 15.9 Å². The minimum atomic E-state index is -0.469. The summed E-state index contributed by atoms with van der Waals surface area (Å²) in [7, 11) is 0. The minimum absolute atomic E-state index is 0.252. The summed E-state index contributed by atoms with van der Waals surface area (Å²) >= 11 is 3.32. The maximum absolute atomic E-state index is 11.6. The van der Waals surface area contributed by atoms with Crippen molar-refractivity contribution in [2.75, 3.05) is 11.9 Å². The van der Waals surface area contributed by atoms with Crippen molar-refractivity contribution in [1.29, 1.82) is 0 Å². The molecule has 0 fully saturated rings. The van der Waals surface area contributed by atoms with Crippen molar-refractivity contribution < 1.29 is 14.3 Å². The highest BCUT2D eigenvalue weighted by atomic mass is 79.9. The predicted octanol–water partition coefficient (Wildman–Crippen LogP) is 3.69. The summed E-state index contributed by atoms with van der Waals surface area (Å²) in [5.74, 6) is -0.252. The molecule has 0 spiro atoms. The number of ether oxygens (including phenoxy) is 1. The van der Waals surface area contributed by atoms with Gasteiger partial charge in [0.25, 0.3) is 0 Å². The molecular weight excluding hydrogens is 336 g/mol. The van der Waals surface area contributed by atoms with E-state index in [9.17, 15) is 9.59 Å². The number of rotatable bonds is 5. The third kappa shape index (κ3) is 8.34. The van der Waals surface area contributed by atoms with E-state index in [0.717, 1.165) is 4.47 Å². The monoisotopic (exact) mass is 356 g/mol. The second-order valence-corrected chi connectivity index (χ2v) is 6.49. The van der Waals surface area contributed by atoms with Crippen molar-refractivity contribution in [3.8, 4) is 0 Å². The molecule has 21 heavy (non-hydrogen) atoms. The van der Waals surface area contributed by atoms with Gasteiger partial charge in [-0.3, -0.25) is 4.79 Å². The lowest BCUT2D eigenvalue weighted by atomic mass is 10.2. The normalized spacial score (nSPS) is 10.9. The summed E-state index contributed by atoms with van der Waals surface area (Å²) in [6.45, 7) is 5.90. The molecule has 1 aromatic carbocycles. The van der Waals surface area contributed by atoms with E-state index >= 15 is 0 Å². The van der Waals surface area contributed by atoms with Crippen LogP contribution in [0.5, 0.6) is 0 Å². The van der Waals surface area contributed by atoms with E-state index in [1.54, 1.807) is 12.1 Å². The highest BCUT2D eigenvalue weighted by Crippen LogP contribution is 2.13. The summed E-state index contributed by atoms with van der Waals surface area (Å²) in [6, 6.07) is 6.99. The molecule has 0 aliphatic carbocycles. The molecule has 0 bridgehead atoms. The molecule has 0 saturated heterocycles. The van der Waals surface area contributed by atoms with Crippen molar-refractivity contribution in [3.63, 3.8) is 0 Å². The Kier molecular flexibility index (Phi) is 6.68. The SMILES string of the molecule is CC(C)(C)OC(=O)CCCNC(=O)Nc1ccc(Br)cc1. The zero-order chi connectivity index (χ0) is 15.9. The first-order valence-corrected chi connectivity index (χ1v) is 7.58. The molecule has 0 aromatic heterocycles. The highest BCUT2D eigenvalue weighted by Gasteiger charge is 2.15. The van der Waals surface area contributed by atoms with Crippen molar-refractivity contribution in [2.45, 2.75) is 39.2 Å². The van der Waals surface area contributed by atoms with E-state index in [1.165, 1.54) is 0 Å². The average Bonchev–Trinajstić information content (AvgIpc) is 2.35. The number of hydrogen-bond donors (Lipinski definition) is 2. The number of hydrogen-bond acceptors (Lipinski definition) is 3. The Morgan fingerprint density at radius 3 is 2.38 bits per heavy atom. The number of amides is 2. The molecule has 1 rings (SSSR count). The van der Waals surface area contributed by atoms with Crippen molar-refractivity contribution in [2.24, 2.45) is 0 Å². The Morgan fingerprint density at radius 1 is 1.19 bits per heavy atom. The molecule has 2 amide bonds. The van der Waals surface area contributed by atoms with Crippen LogP contribution >= 0.6 is 15.9 Å². The lowest BCUT2D eigenvalue weighted by Gasteiger charge is -2.19. The van der Waals surface area contributed by atoms with Crippen LogP contribution in [0, 0.1) is 0 Å². The summed E-state index contributed by atoms with van der Waals surface area (Å²) in [4.78, 5) is 23.1. The molecule has 0 aliphatic heterocycles. The Bertz CT molecular complexity index is 481. The standard InChI is InChI=1S/C15H21BrN2O3/c1-15(2,3)21-13(19)5-4-10-17-14(20)18-12-8-6-11(16)7-9-12/h6-9H,4-5,10H2,1-3H3,(H2,17,18,20). The van der Waals surface area contributed by atoms with Gasteiger partial charge in [0.2, 0.25) is 0 Å². The Morgan fingerprint density at radius 2 is 1.81 bits per heavy atom. The second kappa shape index (κ2) is 8.02.